The lowest BCUT2D eigenvalue weighted by Gasteiger charge is -2.21. The van der Waals surface area contributed by atoms with Gasteiger partial charge in [0.25, 0.3) is 0 Å². The summed E-state index contributed by atoms with van der Waals surface area (Å²) in [5.41, 5.74) is 2.16. The zero-order valence-corrected chi connectivity index (χ0v) is 14.7. The molecule has 0 amide bonds. The number of methoxy groups -OCH3 is 1. The van der Waals surface area contributed by atoms with Gasteiger partial charge in [-0.15, -0.1) is 11.3 Å². The number of aromatic nitrogens is 1. The van der Waals surface area contributed by atoms with Gasteiger partial charge in [0.05, 0.1) is 12.8 Å². The van der Waals surface area contributed by atoms with Crippen LogP contribution in [0.5, 0.6) is 5.75 Å². The van der Waals surface area contributed by atoms with Gasteiger partial charge in [-0.05, 0) is 25.0 Å². The Morgan fingerprint density at radius 3 is 2.50 bits per heavy atom. The van der Waals surface area contributed by atoms with Crippen LogP contribution >= 0.6 is 11.3 Å². The molecule has 0 fully saturated rings. The van der Waals surface area contributed by atoms with Gasteiger partial charge in [0, 0.05) is 24.0 Å². The van der Waals surface area contributed by atoms with Crippen molar-refractivity contribution in [2.45, 2.75) is 39.5 Å². The molecule has 0 aliphatic rings. The largest absolute Gasteiger partial charge is 0.497 e. The molecule has 2 rings (SSSR count). The Kier molecular flexibility index (Phi) is 6.72. The van der Waals surface area contributed by atoms with E-state index >= 15 is 0 Å². The molecule has 22 heavy (non-hydrogen) atoms. The average molecular weight is 318 g/mol. The van der Waals surface area contributed by atoms with Crippen LogP contribution < -0.4 is 9.64 Å². The lowest BCUT2D eigenvalue weighted by atomic mass is 10.2. The molecule has 0 radical (unpaired) electrons. The van der Waals surface area contributed by atoms with Crippen molar-refractivity contribution in [1.29, 1.82) is 0 Å². The number of nitrogens with zero attached hydrogens (tertiary/aromatic N) is 2. The third-order valence-corrected chi connectivity index (χ3v) is 4.59. The molecule has 0 N–H and O–H groups in total. The summed E-state index contributed by atoms with van der Waals surface area (Å²) in [5.74, 6) is 0.876. The molecule has 120 valence electrons. The molecule has 3 nitrogen and oxygen atoms in total. The summed E-state index contributed by atoms with van der Waals surface area (Å²) < 4.78 is 5.30. The Hall–Kier alpha value is -1.55. The van der Waals surface area contributed by atoms with Crippen molar-refractivity contribution < 1.29 is 4.74 Å². The molecule has 0 spiro atoms. The van der Waals surface area contributed by atoms with E-state index in [0.29, 0.717) is 0 Å². The highest BCUT2D eigenvalue weighted by atomic mass is 32.1. The molecule has 0 aliphatic carbocycles. The fourth-order valence-corrected chi connectivity index (χ4v) is 3.21. The van der Waals surface area contributed by atoms with E-state index in [1.807, 2.05) is 18.2 Å². The fourth-order valence-electron chi connectivity index (χ4n) is 2.33. The maximum Gasteiger partial charge on any atom is 0.185 e. The Morgan fingerprint density at radius 2 is 1.86 bits per heavy atom. The number of rotatable bonds is 9. The quantitative estimate of drug-likeness (QED) is 0.633. The predicted octanol–water partition coefficient (Wildman–Crippen LogP) is 5.23. The van der Waals surface area contributed by atoms with E-state index in [1.165, 1.54) is 25.7 Å². The van der Waals surface area contributed by atoms with Crippen molar-refractivity contribution in [1.82, 2.24) is 4.98 Å². The lowest BCUT2D eigenvalue weighted by molar-refractivity contribution is 0.415. The van der Waals surface area contributed by atoms with Crippen LogP contribution in [0.25, 0.3) is 11.3 Å². The summed E-state index contributed by atoms with van der Waals surface area (Å²) in [6.07, 6.45) is 4.88. The summed E-state index contributed by atoms with van der Waals surface area (Å²) in [5, 5.41) is 3.29. The average Bonchev–Trinajstić information content (AvgIpc) is 3.05. The van der Waals surface area contributed by atoms with Gasteiger partial charge >= 0.3 is 0 Å². The Balaban J connectivity index is 2.16. The maximum atomic E-state index is 5.30. The van der Waals surface area contributed by atoms with Crippen LogP contribution in [-0.4, -0.2) is 25.2 Å². The van der Waals surface area contributed by atoms with E-state index in [0.717, 1.165) is 35.2 Å². The molecule has 1 aromatic carbocycles. The topological polar surface area (TPSA) is 25.4 Å². The van der Waals surface area contributed by atoms with E-state index in [2.05, 4.69) is 30.2 Å². The van der Waals surface area contributed by atoms with Crippen molar-refractivity contribution in [3.63, 3.8) is 0 Å². The van der Waals surface area contributed by atoms with Gasteiger partial charge in [0.2, 0.25) is 0 Å². The van der Waals surface area contributed by atoms with Gasteiger partial charge in [0.1, 0.15) is 5.75 Å². The predicted molar refractivity (Wildman–Crippen MR) is 96.1 cm³/mol. The first-order valence-electron chi connectivity index (χ1n) is 8.13. The molecule has 0 aliphatic heterocycles. The minimum absolute atomic E-state index is 0.876. The van der Waals surface area contributed by atoms with E-state index in [4.69, 9.17) is 9.72 Å². The van der Waals surface area contributed by atoms with Crippen molar-refractivity contribution in [3.05, 3.63) is 29.6 Å². The molecule has 4 heteroatoms. The molecule has 0 unspecified atom stereocenters. The SMILES string of the molecule is CCCCN(CCCC)c1nc(-c2cccc(OC)c2)cs1. The summed E-state index contributed by atoms with van der Waals surface area (Å²) in [6, 6.07) is 8.11. The summed E-state index contributed by atoms with van der Waals surface area (Å²) in [7, 11) is 1.70. The minimum atomic E-state index is 0.876. The molecule has 0 saturated carbocycles. The summed E-state index contributed by atoms with van der Waals surface area (Å²) >= 11 is 1.74. The summed E-state index contributed by atoms with van der Waals surface area (Å²) in [6.45, 7) is 6.67. The van der Waals surface area contributed by atoms with Gasteiger partial charge in [-0.1, -0.05) is 38.8 Å². The van der Waals surface area contributed by atoms with Crippen molar-refractivity contribution in [2.75, 3.05) is 25.1 Å². The Morgan fingerprint density at radius 1 is 1.14 bits per heavy atom. The van der Waals surface area contributed by atoms with E-state index in [9.17, 15) is 0 Å². The highest BCUT2D eigenvalue weighted by Crippen LogP contribution is 2.29. The molecule has 0 saturated heterocycles. The number of hydrogen-bond acceptors (Lipinski definition) is 4. The van der Waals surface area contributed by atoms with Crippen molar-refractivity contribution in [3.8, 4) is 17.0 Å². The fraction of sp³-hybridized carbons (Fsp3) is 0.500. The molecule has 0 bridgehead atoms. The monoisotopic (exact) mass is 318 g/mol. The zero-order chi connectivity index (χ0) is 15.8. The standard InChI is InChI=1S/C18H26N2OS/c1-4-6-11-20(12-7-5-2)18-19-17(14-22-18)15-9-8-10-16(13-15)21-3/h8-10,13-14H,4-7,11-12H2,1-3H3. The second-order valence-electron chi connectivity index (χ2n) is 5.44. The highest BCUT2D eigenvalue weighted by molar-refractivity contribution is 7.14. The third-order valence-electron chi connectivity index (χ3n) is 3.69. The second-order valence-corrected chi connectivity index (χ2v) is 6.28. The lowest BCUT2D eigenvalue weighted by Crippen LogP contribution is -2.25. The van der Waals surface area contributed by atoms with Crippen molar-refractivity contribution >= 4 is 16.5 Å². The van der Waals surface area contributed by atoms with Crippen LogP contribution in [-0.2, 0) is 0 Å². The molecular formula is C18H26N2OS. The first-order chi connectivity index (χ1) is 10.8. The number of unbranched alkanes of at least 4 members (excludes halogenated alkanes) is 2. The highest BCUT2D eigenvalue weighted by Gasteiger charge is 2.12. The number of hydrogen-bond donors (Lipinski definition) is 0. The summed E-state index contributed by atoms with van der Waals surface area (Å²) in [4.78, 5) is 7.28. The van der Waals surface area contributed by atoms with Gasteiger partial charge in [0.15, 0.2) is 5.13 Å². The minimum Gasteiger partial charge on any atom is -0.497 e. The first-order valence-corrected chi connectivity index (χ1v) is 9.01. The van der Waals surface area contributed by atoms with Crippen LogP contribution in [0.15, 0.2) is 29.6 Å². The van der Waals surface area contributed by atoms with Gasteiger partial charge in [-0.3, -0.25) is 0 Å². The van der Waals surface area contributed by atoms with Crippen LogP contribution in [0.3, 0.4) is 0 Å². The van der Waals surface area contributed by atoms with Crippen LogP contribution in [0, 0.1) is 0 Å². The first kappa shape index (κ1) is 16.8. The Bertz CT molecular complexity index is 560. The smallest absolute Gasteiger partial charge is 0.185 e. The normalized spacial score (nSPS) is 10.7. The molecule has 1 heterocycles. The van der Waals surface area contributed by atoms with Gasteiger partial charge in [-0.25, -0.2) is 4.98 Å². The molecular weight excluding hydrogens is 292 g/mol. The number of anilines is 1. The maximum absolute atomic E-state index is 5.30. The van der Waals surface area contributed by atoms with Gasteiger partial charge in [-0.2, -0.15) is 0 Å². The van der Waals surface area contributed by atoms with E-state index in [1.54, 1.807) is 18.4 Å². The number of ether oxygens (including phenoxy) is 1. The molecule has 2 aromatic rings. The zero-order valence-electron chi connectivity index (χ0n) is 13.8. The number of benzene rings is 1. The van der Waals surface area contributed by atoms with E-state index < -0.39 is 0 Å². The second kappa shape index (κ2) is 8.79. The molecule has 1 aromatic heterocycles. The Labute approximate surface area is 138 Å². The van der Waals surface area contributed by atoms with Crippen LogP contribution in [0.2, 0.25) is 0 Å². The molecule has 0 atom stereocenters. The van der Waals surface area contributed by atoms with Crippen molar-refractivity contribution in [2.24, 2.45) is 0 Å². The van der Waals surface area contributed by atoms with E-state index in [-0.39, 0.29) is 0 Å². The van der Waals surface area contributed by atoms with Crippen LogP contribution in [0.1, 0.15) is 39.5 Å². The number of thiazole rings is 1. The third kappa shape index (κ3) is 4.47. The van der Waals surface area contributed by atoms with Gasteiger partial charge < -0.3 is 9.64 Å². The van der Waals surface area contributed by atoms with Crippen LogP contribution in [0.4, 0.5) is 5.13 Å².